The first kappa shape index (κ1) is 9.67. The molecule has 0 aliphatic heterocycles. The lowest BCUT2D eigenvalue weighted by atomic mass is 10.3. The summed E-state index contributed by atoms with van der Waals surface area (Å²) in [5.74, 6) is -0.437. The molecule has 1 aromatic carbocycles. The molecular formula is C8H10ClN3O. The van der Waals surface area contributed by atoms with Gasteiger partial charge in [0.05, 0.1) is 17.3 Å². The van der Waals surface area contributed by atoms with E-state index in [0.717, 1.165) is 0 Å². The van der Waals surface area contributed by atoms with Crippen LogP contribution in [0.15, 0.2) is 18.2 Å². The molecule has 0 bridgehead atoms. The van der Waals surface area contributed by atoms with Crippen molar-refractivity contribution < 1.29 is 4.79 Å². The summed E-state index contributed by atoms with van der Waals surface area (Å²) in [5, 5.41) is 3.25. The van der Waals surface area contributed by atoms with Gasteiger partial charge in [-0.1, -0.05) is 11.6 Å². The second-order valence-corrected chi connectivity index (χ2v) is 2.97. The lowest BCUT2D eigenvalue weighted by molar-refractivity contribution is -0.116. The first-order valence-electron chi connectivity index (χ1n) is 3.67. The van der Waals surface area contributed by atoms with Crippen LogP contribution < -0.4 is 16.8 Å². The van der Waals surface area contributed by atoms with Crippen molar-refractivity contribution in [1.82, 2.24) is 0 Å². The van der Waals surface area contributed by atoms with Crippen molar-refractivity contribution in [3.63, 3.8) is 0 Å². The smallest absolute Gasteiger partial charge is 0.236 e. The van der Waals surface area contributed by atoms with Crippen molar-refractivity contribution in [3.05, 3.63) is 23.2 Å². The van der Waals surface area contributed by atoms with E-state index in [2.05, 4.69) is 5.32 Å². The van der Waals surface area contributed by atoms with Crippen LogP contribution in [0.25, 0.3) is 0 Å². The Bertz CT molecular complexity index is 327. The van der Waals surface area contributed by atoms with Gasteiger partial charge in [-0.3, -0.25) is 4.79 Å². The highest BCUT2D eigenvalue weighted by Crippen LogP contribution is 2.23. The highest BCUT2D eigenvalue weighted by Gasteiger charge is 2.00. The Morgan fingerprint density at radius 2 is 2.23 bits per heavy atom. The molecule has 1 aromatic rings. The molecule has 0 saturated carbocycles. The minimum Gasteiger partial charge on any atom is -0.399 e. The molecule has 5 N–H and O–H groups in total. The van der Waals surface area contributed by atoms with Crippen LogP contribution in [0.5, 0.6) is 0 Å². The van der Waals surface area contributed by atoms with Gasteiger partial charge in [0, 0.05) is 5.69 Å². The van der Waals surface area contributed by atoms with Crippen LogP contribution in [0, 0.1) is 0 Å². The summed E-state index contributed by atoms with van der Waals surface area (Å²) < 4.78 is 0. The average molecular weight is 200 g/mol. The monoisotopic (exact) mass is 199 g/mol. The fourth-order valence-corrected chi connectivity index (χ4v) is 1.11. The molecule has 4 nitrogen and oxygen atoms in total. The van der Waals surface area contributed by atoms with Gasteiger partial charge < -0.3 is 16.8 Å². The number of hydrogen-bond acceptors (Lipinski definition) is 3. The molecule has 0 heterocycles. The van der Waals surface area contributed by atoms with Crippen molar-refractivity contribution in [2.75, 3.05) is 17.6 Å². The highest BCUT2D eigenvalue weighted by atomic mass is 35.5. The molecule has 0 aliphatic carbocycles. The third kappa shape index (κ3) is 2.83. The predicted octanol–water partition coefficient (Wildman–Crippen LogP) is 0.819. The number of carbonyl (C=O) groups excluding carboxylic acids is 1. The van der Waals surface area contributed by atoms with Crippen molar-refractivity contribution in [2.45, 2.75) is 0 Å². The number of rotatable bonds is 3. The number of amides is 1. The Kier molecular flexibility index (Phi) is 2.97. The standard InChI is InChI=1S/C8H10ClN3O/c9-6-3-5(10)1-2-7(6)12-4-8(11)13/h1-3,12H,4,10H2,(H2,11,13). The number of nitrogens with one attached hydrogen (secondary N) is 1. The first-order valence-corrected chi connectivity index (χ1v) is 4.04. The molecule has 0 radical (unpaired) electrons. The van der Waals surface area contributed by atoms with E-state index in [-0.39, 0.29) is 6.54 Å². The molecule has 0 spiro atoms. The van der Waals surface area contributed by atoms with E-state index in [1.54, 1.807) is 18.2 Å². The van der Waals surface area contributed by atoms with Crippen molar-refractivity contribution in [3.8, 4) is 0 Å². The fourth-order valence-electron chi connectivity index (χ4n) is 0.857. The lowest BCUT2D eigenvalue weighted by Gasteiger charge is -2.06. The van der Waals surface area contributed by atoms with Crippen LogP contribution in [0.2, 0.25) is 5.02 Å². The van der Waals surface area contributed by atoms with Gasteiger partial charge in [0.25, 0.3) is 0 Å². The molecule has 0 saturated heterocycles. The number of anilines is 2. The van der Waals surface area contributed by atoms with Crippen LogP contribution in [-0.2, 0) is 4.79 Å². The van der Waals surface area contributed by atoms with E-state index in [1.807, 2.05) is 0 Å². The van der Waals surface area contributed by atoms with Crippen molar-refractivity contribution in [2.24, 2.45) is 5.73 Å². The number of benzene rings is 1. The molecule has 0 aliphatic rings. The van der Waals surface area contributed by atoms with Gasteiger partial charge in [-0.25, -0.2) is 0 Å². The van der Waals surface area contributed by atoms with E-state index in [1.165, 1.54) is 0 Å². The Hall–Kier alpha value is -1.42. The third-order valence-electron chi connectivity index (χ3n) is 1.45. The fraction of sp³-hybridized carbons (Fsp3) is 0.125. The Balaban J connectivity index is 2.72. The molecule has 1 amide bonds. The lowest BCUT2D eigenvalue weighted by Crippen LogP contribution is -2.21. The molecule has 0 aromatic heterocycles. The number of hydrogen-bond donors (Lipinski definition) is 3. The van der Waals surface area contributed by atoms with Gasteiger partial charge in [0.15, 0.2) is 0 Å². The van der Waals surface area contributed by atoms with Crippen molar-refractivity contribution in [1.29, 1.82) is 0 Å². The summed E-state index contributed by atoms with van der Waals surface area (Å²) in [7, 11) is 0. The average Bonchev–Trinajstić information content (AvgIpc) is 2.02. The Morgan fingerprint density at radius 3 is 2.77 bits per heavy atom. The molecule has 0 unspecified atom stereocenters. The van der Waals surface area contributed by atoms with Crippen LogP contribution in [0.1, 0.15) is 0 Å². The second kappa shape index (κ2) is 4.00. The topological polar surface area (TPSA) is 81.1 Å². The highest BCUT2D eigenvalue weighted by molar-refractivity contribution is 6.33. The number of primary amides is 1. The largest absolute Gasteiger partial charge is 0.399 e. The molecular weight excluding hydrogens is 190 g/mol. The maximum absolute atomic E-state index is 10.4. The first-order chi connectivity index (χ1) is 6.09. The Morgan fingerprint density at radius 1 is 1.54 bits per heavy atom. The van der Waals surface area contributed by atoms with Gasteiger partial charge in [0.2, 0.25) is 5.91 Å². The summed E-state index contributed by atoms with van der Waals surface area (Å²) in [6.07, 6.45) is 0. The summed E-state index contributed by atoms with van der Waals surface area (Å²) in [5.41, 5.74) is 11.7. The molecule has 70 valence electrons. The minimum absolute atomic E-state index is 0.0592. The van der Waals surface area contributed by atoms with Gasteiger partial charge >= 0.3 is 0 Å². The van der Waals surface area contributed by atoms with Gasteiger partial charge in [-0.2, -0.15) is 0 Å². The third-order valence-corrected chi connectivity index (χ3v) is 1.76. The summed E-state index contributed by atoms with van der Waals surface area (Å²) in [4.78, 5) is 10.4. The molecule has 13 heavy (non-hydrogen) atoms. The van der Waals surface area contributed by atoms with Crippen molar-refractivity contribution >= 4 is 28.9 Å². The summed E-state index contributed by atoms with van der Waals surface area (Å²) >= 11 is 5.82. The van der Waals surface area contributed by atoms with Gasteiger partial charge in [-0.05, 0) is 18.2 Å². The van der Waals surface area contributed by atoms with Crippen LogP contribution >= 0.6 is 11.6 Å². The zero-order valence-corrected chi connectivity index (χ0v) is 7.64. The van der Waals surface area contributed by atoms with E-state index in [4.69, 9.17) is 23.1 Å². The molecule has 1 rings (SSSR count). The van der Waals surface area contributed by atoms with Crippen LogP contribution in [0.3, 0.4) is 0 Å². The van der Waals surface area contributed by atoms with E-state index in [0.29, 0.717) is 16.4 Å². The molecule has 0 fully saturated rings. The number of nitrogen functional groups attached to an aromatic ring is 1. The normalized spacial score (nSPS) is 9.62. The maximum Gasteiger partial charge on any atom is 0.236 e. The quantitative estimate of drug-likeness (QED) is 0.631. The number of nitrogens with two attached hydrogens (primary N) is 2. The van der Waals surface area contributed by atoms with Gasteiger partial charge in [0.1, 0.15) is 0 Å². The zero-order valence-electron chi connectivity index (χ0n) is 6.88. The summed E-state index contributed by atoms with van der Waals surface area (Å²) in [6, 6.07) is 4.99. The van der Waals surface area contributed by atoms with Crippen LogP contribution in [-0.4, -0.2) is 12.5 Å². The van der Waals surface area contributed by atoms with E-state index < -0.39 is 5.91 Å². The SMILES string of the molecule is NC(=O)CNc1ccc(N)cc1Cl. The zero-order chi connectivity index (χ0) is 9.84. The number of carbonyl (C=O) groups is 1. The van der Waals surface area contributed by atoms with Gasteiger partial charge in [-0.15, -0.1) is 0 Å². The summed E-state index contributed by atoms with van der Waals surface area (Å²) in [6.45, 7) is 0.0592. The second-order valence-electron chi connectivity index (χ2n) is 2.56. The van der Waals surface area contributed by atoms with Crippen LogP contribution in [0.4, 0.5) is 11.4 Å². The predicted molar refractivity (Wildman–Crippen MR) is 53.5 cm³/mol. The number of halogens is 1. The minimum atomic E-state index is -0.437. The molecule has 5 heteroatoms. The Labute approximate surface area is 80.9 Å². The molecule has 0 atom stereocenters. The van der Waals surface area contributed by atoms with E-state index in [9.17, 15) is 4.79 Å². The maximum atomic E-state index is 10.4. The van der Waals surface area contributed by atoms with E-state index >= 15 is 0 Å².